The first-order valence-corrected chi connectivity index (χ1v) is 4.23. The van der Waals surface area contributed by atoms with Crippen molar-refractivity contribution in [2.24, 2.45) is 0 Å². The summed E-state index contributed by atoms with van der Waals surface area (Å²) in [5.74, 6) is 0. The van der Waals surface area contributed by atoms with E-state index in [1.165, 1.54) is 11.8 Å². The Morgan fingerprint density at radius 3 is 2.73 bits per heavy atom. The molecule has 0 atom stereocenters. The molecule has 1 N–H and O–H groups in total. The van der Waals surface area contributed by atoms with Crippen molar-refractivity contribution in [1.82, 2.24) is 0 Å². The zero-order valence-electron chi connectivity index (χ0n) is 6.64. The summed E-state index contributed by atoms with van der Waals surface area (Å²) in [5, 5.41) is 16.5. The molecule has 0 unspecified atom stereocenters. The van der Waals surface area contributed by atoms with Gasteiger partial charge in [0, 0.05) is 17.2 Å². The molecule has 0 aromatic rings. The van der Waals surface area contributed by atoms with Crippen LogP contribution in [0.5, 0.6) is 0 Å². The van der Waals surface area contributed by atoms with Crippen molar-refractivity contribution in [3.05, 3.63) is 11.6 Å². The van der Waals surface area contributed by atoms with Crippen molar-refractivity contribution < 1.29 is 0 Å². The van der Waals surface area contributed by atoms with E-state index in [1.807, 2.05) is 19.9 Å². The highest BCUT2D eigenvalue weighted by Gasteiger charge is 2.32. The Morgan fingerprint density at radius 1 is 1.73 bits per heavy atom. The standard InChI is InChI=1S/C8H10N2S/c1-8(2)6(3-4-9)5-7(10)11-8/h3,10H,5H2,1-2H3/b6-3+,10-7?. The Balaban J connectivity index is 2.93. The van der Waals surface area contributed by atoms with E-state index in [-0.39, 0.29) is 4.75 Å². The number of thioether (sulfide) groups is 1. The second kappa shape index (κ2) is 2.71. The van der Waals surface area contributed by atoms with Gasteiger partial charge in [0.05, 0.1) is 11.1 Å². The molecule has 2 nitrogen and oxygen atoms in total. The zero-order chi connectivity index (χ0) is 8.48. The van der Waals surface area contributed by atoms with Crippen LogP contribution in [0, 0.1) is 16.7 Å². The van der Waals surface area contributed by atoms with E-state index >= 15 is 0 Å². The van der Waals surface area contributed by atoms with Crippen LogP contribution in [-0.2, 0) is 0 Å². The maximum atomic E-state index is 8.44. The van der Waals surface area contributed by atoms with Crippen LogP contribution in [0.4, 0.5) is 0 Å². The lowest BCUT2D eigenvalue weighted by Crippen LogP contribution is -2.11. The van der Waals surface area contributed by atoms with Gasteiger partial charge in [-0.25, -0.2) is 0 Å². The van der Waals surface area contributed by atoms with E-state index in [9.17, 15) is 0 Å². The van der Waals surface area contributed by atoms with Crippen LogP contribution in [0.15, 0.2) is 11.6 Å². The van der Waals surface area contributed by atoms with Gasteiger partial charge in [0.25, 0.3) is 0 Å². The van der Waals surface area contributed by atoms with Crippen molar-refractivity contribution in [1.29, 1.82) is 10.7 Å². The number of nitriles is 1. The molecule has 1 fully saturated rings. The minimum Gasteiger partial charge on any atom is -0.298 e. The quantitative estimate of drug-likeness (QED) is 0.561. The second-order valence-electron chi connectivity index (χ2n) is 3.01. The van der Waals surface area contributed by atoms with E-state index in [4.69, 9.17) is 10.7 Å². The molecular weight excluding hydrogens is 156 g/mol. The maximum Gasteiger partial charge on any atom is 0.0912 e. The summed E-state index contributed by atoms with van der Waals surface area (Å²) in [4.78, 5) is 0. The van der Waals surface area contributed by atoms with Gasteiger partial charge in [-0.1, -0.05) is 0 Å². The SMILES string of the molecule is CC1(C)SC(=N)C/C1=C\C#N. The topological polar surface area (TPSA) is 47.6 Å². The molecule has 58 valence electrons. The minimum atomic E-state index is -0.0349. The minimum absolute atomic E-state index is 0.0349. The van der Waals surface area contributed by atoms with Crippen molar-refractivity contribution in [2.75, 3.05) is 0 Å². The van der Waals surface area contributed by atoms with E-state index in [0.717, 1.165) is 5.57 Å². The Bertz CT molecular complexity index is 258. The Morgan fingerprint density at radius 2 is 2.36 bits per heavy atom. The van der Waals surface area contributed by atoms with Gasteiger partial charge in [0.2, 0.25) is 0 Å². The molecule has 1 aliphatic rings. The van der Waals surface area contributed by atoms with Crippen molar-refractivity contribution >= 4 is 16.8 Å². The number of hydrogen-bond donors (Lipinski definition) is 1. The number of allylic oxidation sites excluding steroid dienone is 1. The van der Waals surface area contributed by atoms with Gasteiger partial charge in [0.15, 0.2) is 0 Å². The van der Waals surface area contributed by atoms with Crippen molar-refractivity contribution in [2.45, 2.75) is 25.0 Å². The molecule has 0 saturated carbocycles. The Hall–Kier alpha value is -0.750. The first-order chi connectivity index (χ1) is 5.06. The third kappa shape index (κ3) is 1.63. The molecule has 1 aliphatic heterocycles. The molecule has 0 radical (unpaired) electrons. The second-order valence-corrected chi connectivity index (χ2v) is 4.73. The fourth-order valence-corrected chi connectivity index (χ4v) is 2.20. The number of nitrogens with one attached hydrogen (secondary N) is 1. The molecular formula is C8H10N2S. The van der Waals surface area contributed by atoms with E-state index < -0.39 is 0 Å². The summed E-state index contributed by atoms with van der Waals surface area (Å²) in [6.45, 7) is 4.09. The maximum absolute atomic E-state index is 8.44. The highest BCUT2D eigenvalue weighted by atomic mass is 32.2. The summed E-state index contributed by atoms with van der Waals surface area (Å²) in [6.07, 6.45) is 2.22. The molecule has 0 aromatic heterocycles. The lowest BCUT2D eigenvalue weighted by molar-refractivity contribution is 0.836. The molecule has 1 heterocycles. The highest BCUT2D eigenvalue weighted by molar-refractivity contribution is 8.15. The predicted molar refractivity (Wildman–Crippen MR) is 47.7 cm³/mol. The van der Waals surface area contributed by atoms with E-state index in [1.54, 1.807) is 6.08 Å². The first kappa shape index (κ1) is 8.35. The normalized spacial score (nSPS) is 25.5. The smallest absolute Gasteiger partial charge is 0.0912 e. The van der Waals surface area contributed by atoms with Crippen molar-refractivity contribution in [3.63, 3.8) is 0 Å². The molecule has 1 saturated heterocycles. The molecule has 0 amide bonds. The van der Waals surface area contributed by atoms with Gasteiger partial charge in [-0.15, -0.1) is 11.8 Å². The molecule has 1 rings (SSSR count). The van der Waals surface area contributed by atoms with Gasteiger partial charge in [-0.2, -0.15) is 5.26 Å². The molecule has 0 aromatic carbocycles. The van der Waals surface area contributed by atoms with Gasteiger partial charge in [0.1, 0.15) is 0 Å². The van der Waals surface area contributed by atoms with Gasteiger partial charge >= 0.3 is 0 Å². The Labute approximate surface area is 70.8 Å². The Kier molecular flexibility index (Phi) is 2.05. The summed E-state index contributed by atoms with van der Waals surface area (Å²) in [6, 6.07) is 2.01. The average Bonchev–Trinajstić information content (AvgIpc) is 2.07. The summed E-state index contributed by atoms with van der Waals surface area (Å²) in [5.41, 5.74) is 1.06. The van der Waals surface area contributed by atoms with Crippen LogP contribution in [0.1, 0.15) is 20.3 Å². The lowest BCUT2D eigenvalue weighted by atomic mass is 10.0. The third-order valence-electron chi connectivity index (χ3n) is 1.74. The third-order valence-corrected chi connectivity index (χ3v) is 2.90. The lowest BCUT2D eigenvalue weighted by Gasteiger charge is -2.15. The number of hydrogen-bond acceptors (Lipinski definition) is 3. The van der Waals surface area contributed by atoms with Crippen molar-refractivity contribution in [3.8, 4) is 6.07 Å². The number of rotatable bonds is 0. The fraction of sp³-hybridized carbons (Fsp3) is 0.500. The van der Waals surface area contributed by atoms with Gasteiger partial charge in [-0.3, -0.25) is 5.41 Å². The van der Waals surface area contributed by atoms with Crippen LogP contribution in [0.25, 0.3) is 0 Å². The summed E-state index contributed by atoms with van der Waals surface area (Å²) in [7, 11) is 0. The monoisotopic (exact) mass is 166 g/mol. The van der Waals surface area contributed by atoms with E-state index in [0.29, 0.717) is 11.5 Å². The molecule has 0 spiro atoms. The predicted octanol–water partition coefficient (Wildman–Crippen LogP) is 2.33. The van der Waals surface area contributed by atoms with Crippen LogP contribution in [0.2, 0.25) is 0 Å². The first-order valence-electron chi connectivity index (χ1n) is 3.42. The summed E-state index contributed by atoms with van der Waals surface area (Å²) >= 11 is 1.53. The average molecular weight is 166 g/mol. The van der Waals surface area contributed by atoms with Gasteiger partial charge < -0.3 is 0 Å². The van der Waals surface area contributed by atoms with Crippen LogP contribution in [-0.4, -0.2) is 9.79 Å². The molecule has 0 aliphatic carbocycles. The van der Waals surface area contributed by atoms with Gasteiger partial charge in [-0.05, 0) is 19.4 Å². The molecule has 3 heteroatoms. The van der Waals surface area contributed by atoms with Crippen LogP contribution >= 0.6 is 11.8 Å². The fourth-order valence-electron chi connectivity index (χ4n) is 1.10. The van der Waals surface area contributed by atoms with Crippen LogP contribution in [0.3, 0.4) is 0 Å². The van der Waals surface area contributed by atoms with Crippen LogP contribution < -0.4 is 0 Å². The molecule has 11 heavy (non-hydrogen) atoms. The molecule has 0 bridgehead atoms. The zero-order valence-corrected chi connectivity index (χ0v) is 7.46. The highest BCUT2D eigenvalue weighted by Crippen LogP contribution is 2.42. The van der Waals surface area contributed by atoms with E-state index in [2.05, 4.69) is 0 Å². The largest absolute Gasteiger partial charge is 0.298 e. The number of nitrogens with zero attached hydrogens (tertiary/aromatic N) is 1. The summed E-state index contributed by atoms with van der Waals surface area (Å²) < 4.78 is -0.0349.